The van der Waals surface area contributed by atoms with Gasteiger partial charge in [-0.05, 0) is 25.1 Å². The number of aromatic nitrogens is 2. The smallest absolute Gasteiger partial charge is 0.261 e. The Morgan fingerprint density at radius 1 is 1.22 bits per heavy atom. The Kier molecular flexibility index (Phi) is 4.43. The molecule has 6 heteroatoms. The second-order valence-corrected chi connectivity index (χ2v) is 5.96. The molecule has 1 amide bonds. The summed E-state index contributed by atoms with van der Waals surface area (Å²) in [5.74, 6) is -0.0170. The minimum atomic E-state index is -0.153. The molecular weight excluding hydrogens is 292 g/mol. The van der Waals surface area contributed by atoms with Crippen molar-refractivity contribution in [3.05, 3.63) is 40.4 Å². The van der Waals surface area contributed by atoms with E-state index in [-0.39, 0.29) is 18.0 Å². The van der Waals surface area contributed by atoms with Gasteiger partial charge >= 0.3 is 0 Å². The highest BCUT2D eigenvalue weighted by Crippen LogP contribution is 2.11. The summed E-state index contributed by atoms with van der Waals surface area (Å²) in [5.41, 5.74) is 1.52. The largest absolute Gasteiger partial charge is 0.339 e. The highest BCUT2D eigenvalue weighted by Gasteiger charge is 2.20. The molecule has 1 saturated heterocycles. The van der Waals surface area contributed by atoms with Crippen LogP contribution in [0.3, 0.4) is 0 Å². The molecule has 0 atom stereocenters. The van der Waals surface area contributed by atoms with Crippen molar-refractivity contribution in [2.75, 3.05) is 32.7 Å². The van der Waals surface area contributed by atoms with Gasteiger partial charge in [0.1, 0.15) is 6.54 Å². The van der Waals surface area contributed by atoms with Crippen LogP contribution in [-0.4, -0.2) is 58.0 Å². The van der Waals surface area contributed by atoms with Crippen LogP contribution in [0.15, 0.2) is 29.3 Å². The van der Waals surface area contributed by atoms with Crippen LogP contribution < -0.4 is 5.56 Å². The first-order valence-electron chi connectivity index (χ1n) is 8.05. The van der Waals surface area contributed by atoms with Crippen LogP contribution in [-0.2, 0) is 11.3 Å². The van der Waals surface area contributed by atoms with Gasteiger partial charge in [0.25, 0.3) is 5.56 Å². The van der Waals surface area contributed by atoms with Crippen LogP contribution >= 0.6 is 0 Å². The zero-order chi connectivity index (χ0) is 16.4. The number of carbonyl (C=O) groups excluding carboxylic acids is 1. The summed E-state index contributed by atoms with van der Waals surface area (Å²) in [4.78, 5) is 33.5. The van der Waals surface area contributed by atoms with E-state index in [2.05, 4.69) is 16.8 Å². The maximum atomic E-state index is 12.5. The standard InChI is InChI=1S/C17H22N4O2/c1-3-19-7-9-20(10-8-19)15(22)11-21-12-18-16-13(2)5-4-6-14(16)17(21)23/h4-6,12H,3,7-11H2,1-2H3. The lowest BCUT2D eigenvalue weighted by Crippen LogP contribution is -2.49. The zero-order valence-electron chi connectivity index (χ0n) is 13.7. The zero-order valence-corrected chi connectivity index (χ0v) is 13.7. The predicted molar refractivity (Wildman–Crippen MR) is 89.4 cm³/mol. The average molecular weight is 314 g/mol. The molecule has 0 N–H and O–H groups in total. The van der Waals surface area contributed by atoms with Gasteiger partial charge in [-0.2, -0.15) is 0 Å². The molecule has 0 unspecified atom stereocenters. The molecule has 23 heavy (non-hydrogen) atoms. The molecule has 0 bridgehead atoms. The summed E-state index contributed by atoms with van der Waals surface area (Å²) in [5, 5.41) is 0.566. The van der Waals surface area contributed by atoms with E-state index in [1.54, 1.807) is 6.07 Å². The molecule has 1 aliphatic heterocycles. The minimum Gasteiger partial charge on any atom is -0.339 e. The molecule has 122 valence electrons. The fourth-order valence-electron chi connectivity index (χ4n) is 3.01. The Bertz CT molecular complexity index is 776. The highest BCUT2D eigenvalue weighted by atomic mass is 16.2. The first kappa shape index (κ1) is 15.7. The monoisotopic (exact) mass is 314 g/mol. The van der Waals surface area contributed by atoms with Crippen LogP contribution in [0, 0.1) is 6.92 Å². The lowest BCUT2D eigenvalue weighted by atomic mass is 10.1. The molecular formula is C17H22N4O2. The third kappa shape index (κ3) is 3.12. The molecule has 0 radical (unpaired) electrons. The summed E-state index contributed by atoms with van der Waals surface area (Å²) in [6.07, 6.45) is 1.48. The summed E-state index contributed by atoms with van der Waals surface area (Å²) in [7, 11) is 0. The number of carbonyl (C=O) groups is 1. The third-order valence-electron chi connectivity index (χ3n) is 4.53. The van der Waals surface area contributed by atoms with Gasteiger partial charge in [0, 0.05) is 26.2 Å². The van der Waals surface area contributed by atoms with Crippen LogP contribution in [0.5, 0.6) is 0 Å². The van der Waals surface area contributed by atoms with Gasteiger partial charge in [0.05, 0.1) is 17.2 Å². The number of hydrogen-bond donors (Lipinski definition) is 0. The fourth-order valence-corrected chi connectivity index (χ4v) is 3.01. The molecule has 0 saturated carbocycles. The molecule has 6 nitrogen and oxygen atoms in total. The quantitative estimate of drug-likeness (QED) is 0.843. The van der Waals surface area contributed by atoms with E-state index in [4.69, 9.17) is 0 Å². The number of hydrogen-bond acceptors (Lipinski definition) is 4. The number of aryl methyl sites for hydroxylation is 1. The number of piperazine rings is 1. The topological polar surface area (TPSA) is 58.4 Å². The van der Waals surface area contributed by atoms with Gasteiger partial charge in [0.2, 0.25) is 5.91 Å². The molecule has 3 rings (SSSR count). The van der Waals surface area contributed by atoms with E-state index in [0.717, 1.165) is 38.3 Å². The molecule has 2 aromatic rings. The molecule has 1 aliphatic rings. The van der Waals surface area contributed by atoms with Crippen molar-refractivity contribution in [3.63, 3.8) is 0 Å². The van der Waals surface area contributed by atoms with E-state index in [0.29, 0.717) is 10.9 Å². The van der Waals surface area contributed by atoms with Gasteiger partial charge in [-0.3, -0.25) is 14.2 Å². The van der Waals surface area contributed by atoms with E-state index < -0.39 is 0 Å². The van der Waals surface area contributed by atoms with E-state index in [1.807, 2.05) is 24.0 Å². The average Bonchev–Trinajstić information content (AvgIpc) is 2.58. The Balaban J connectivity index is 1.78. The van der Waals surface area contributed by atoms with Crippen LogP contribution in [0.4, 0.5) is 0 Å². The van der Waals surface area contributed by atoms with E-state index in [9.17, 15) is 9.59 Å². The van der Waals surface area contributed by atoms with Crippen molar-refractivity contribution in [2.24, 2.45) is 0 Å². The Morgan fingerprint density at radius 2 is 1.96 bits per heavy atom. The second-order valence-electron chi connectivity index (χ2n) is 5.96. The first-order valence-corrected chi connectivity index (χ1v) is 8.05. The maximum Gasteiger partial charge on any atom is 0.261 e. The molecule has 0 spiro atoms. The lowest BCUT2D eigenvalue weighted by Gasteiger charge is -2.34. The second kappa shape index (κ2) is 6.50. The van der Waals surface area contributed by atoms with Crippen LogP contribution in [0.25, 0.3) is 10.9 Å². The minimum absolute atomic E-state index is 0.0170. The summed E-state index contributed by atoms with van der Waals surface area (Å²) in [6, 6.07) is 5.53. The SMILES string of the molecule is CCN1CCN(C(=O)Cn2cnc3c(C)cccc3c2=O)CC1. The highest BCUT2D eigenvalue weighted by molar-refractivity contribution is 5.81. The maximum absolute atomic E-state index is 12.5. The van der Waals surface area contributed by atoms with Gasteiger partial charge in [-0.15, -0.1) is 0 Å². The molecule has 1 fully saturated rings. The number of likely N-dealkylation sites (N-methyl/N-ethyl adjacent to an activating group) is 1. The number of fused-ring (bicyclic) bond motifs is 1. The van der Waals surface area contributed by atoms with Gasteiger partial charge < -0.3 is 9.80 Å². The number of para-hydroxylation sites is 1. The van der Waals surface area contributed by atoms with Crippen LogP contribution in [0.1, 0.15) is 12.5 Å². The molecule has 2 heterocycles. The number of nitrogens with zero attached hydrogens (tertiary/aromatic N) is 4. The third-order valence-corrected chi connectivity index (χ3v) is 4.53. The van der Waals surface area contributed by atoms with E-state index >= 15 is 0 Å². The summed E-state index contributed by atoms with van der Waals surface area (Å²) >= 11 is 0. The summed E-state index contributed by atoms with van der Waals surface area (Å²) < 4.78 is 1.41. The van der Waals surface area contributed by atoms with Gasteiger partial charge in [0.15, 0.2) is 0 Å². The lowest BCUT2D eigenvalue weighted by molar-refractivity contribution is -0.133. The number of benzene rings is 1. The Labute approximate surface area is 135 Å². The van der Waals surface area contributed by atoms with Gasteiger partial charge in [-0.1, -0.05) is 19.1 Å². The van der Waals surface area contributed by atoms with Crippen molar-refractivity contribution >= 4 is 16.8 Å². The first-order chi connectivity index (χ1) is 11.1. The predicted octanol–water partition coefficient (Wildman–Crippen LogP) is 0.869. The Hall–Kier alpha value is -2.21. The molecule has 0 aliphatic carbocycles. The number of rotatable bonds is 3. The molecule has 1 aromatic heterocycles. The number of amides is 1. The summed E-state index contributed by atoms with van der Waals surface area (Å²) in [6.45, 7) is 8.36. The Morgan fingerprint density at radius 3 is 2.65 bits per heavy atom. The van der Waals surface area contributed by atoms with Gasteiger partial charge in [-0.25, -0.2) is 4.98 Å². The normalized spacial score (nSPS) is 16.0. The van der Waals surface area contributed by atoms with Crippen molar-refractivity contribution in [1.82, 2.24) is 19.4 Å². The van der Waals surface area contributed by atoms with E-state index in [1.165, 1.54) is 10.9 Å². The van der Waals surface area contributed by atoms with Crippen molar-refractivity contribution in [3.8, 4) is 0 Å². The van der Waals surface area contributed by atoms with Crippen molar-refractivity contribution < 1.29 is 4.79 Å². The van der Waals surface area contributed by atoms with Crippen molar-refractivity contribution in [2.45, 2.75) is 20.4 Å². The van der Waals surface area contributed by atoms with Crippen LogP contribution in [0.2, 0.25) is 0 Å². The van der Waals surface area contributed by atoms with Crippen molar-refractivity contribution in [1.29, 1.82) is 0 Å². The fraction of sp³-hybridized carbons (Fsp3) is 0.471. The molecule has 1 aromatic carbocycles.